The molecule has 0 bridgehead atoms. The van der Waals surface area contributed by atoms with Crippen molar-refractivity contribution in [1.29, 1.82) is 0 Å². The van der Waals surface area contributed by atoms with Crippen molar-refractivity contribution < 1.29 is 28.8 Å². The molecule has 3 heterocycles. The lowest BCUT2D eigenvalue weighted by atomic mass is 9.83. The van der Waals surface area contributed by atoms with Crippen LogP contribution in [0.4, 0.5) is 0 Å². The summed E-state index contributed by atoms with van der Waals surface area (Å²) in [6.45, 7) is 3.98. The summed E-state index contributed by atoms with van der Waals surface area (Å²) in [5.74, 6) is -0.875. The second-order valence-electron chi connectivity index (χ2n) is 6.27. The van der Waals surface area contributed by atoms with Crippen molar-refractivity contribution in [3.05, 3.63) is 23.8 Å². The summed E-state index contributed by atoms with van der Waals surface area (Å²) < 4.78 is 23.3. The van der Waals surface area contributed by atoms with Crippen molar-refractivity contribution in [2.45, 2.75) is 63.0 Å². The minimum atomic E-state index is -0.875. The van der Waals surface area contributed by atoms with E-state index in [2.05, 4.69) is 0 Å². The summed E-state index contributed by atoms with van der Waals surface area (Å²) in [4.78, 5) is 10.9. The molecule has 3 aliphatic heterocycles. The number of fused-ring (bicyclic) bond motifs is 2. The van der Waals surface area contributed by atoms with Crippen LogP contribution in [0.15, 0.2) is 23.8 Å². The van der Waals surface area contributed by atoms with Crippen LogP contribution in [-0.2, 0) is 23.7 Å². The molecule has 122 valence electrons. The number of carbonyl (C=O) groups is 1. The fourth-order valence-electron chi connectivity index (χ4n) is 3.33. The topological polar surface area (TPSA) is 74.2 Å². The predicted octanol–water partition coefficient (Wildman–Crippen LogP) is 1.65. The van der Waals surface area contributed by atoms with E-state index in [4.69, 9.17) is 24.1 Å². The van der Waals surface area contributed by atoms with Crippen molar-refractivity contribution in [1.82, 2.24) is 0 Å². The van der Waals surface area contributed by atoms with Gasteiger partial charge in [0.15, 0.2) is 6.29 Å². The number of ether oxygens (including phenoxy) is 4. The van der Waals surface area contributed by atoms with Crippen LogP contribution in [-0.4, -0.2) is 54.5 Å². The monoisotopic (exact) mass is 310 g/mol. The van der Waals surface area contributed by atoms with E-state index in [1.54, 1.807) is 13.2 Å². The molecule has 22 heavy (non-hydrogen) atoms. The number of aliphatic carboxylic acids is 1. The van der Waals surface area contributed by atoms with Gasteiger partial charge in [0.2, 0.25) is 0 Å². The Bertz CT molecular complexity index is 513. The standard InChI is InChI=1S/C16H22O6/c1-9-6-14(19-3)21-11-8-12-16(2,22-15(9)11)5-4-10(20-12)7-13(17)18/h4-6,10-12,14-15H,7-8H2,1-3H3,(H,17,18)/t10-,11-,12+,14+,15+,16-/m0/s1. The zero-order chi connectivity index (χ0) is 15.9. The van der Waals surface area contributed by atoms with Gasteiger partial charge >= 0.3 is 5.97 Å². The van der Waals surface area contributed by atoms with Crippen LogP contribution in [0.2, 0.25) is 0 Å². The molecule has 6 nitrogen and oxygen atoms in total. The first-order valence-electron chi connectivity index (χ1n) is 7.52. The highest BCUT2D eigenvalue weighted by Gasteiger charge is 2.50. The minimum absolute atomic E-state index is 0.0440. The molecule has 3 aliphatic rings. The normalized spacial score (nSPS) is 44.0. The summed E-state index contributed by atoms with van der Waals surface area (Å²) in [6.07, 6.45) is 4.94. The number of methoxy groups -OCH3 is 1. The molecule has 0 aromatic heterocycles. The summed E-state index contributed by atoms with van der Waals surface area (Å²) >= 11 is 0. The van der Waals surface area contributed by atoms with Gasteiger partial charge in [0.1, 0.15) is 11.7 Å². The quantitative estimate of drug-likeness (QED) is 0.799. The molecule has 0 aromatic rings. The van der Waals surface area contributed by atoms with Gasteiger partial charge < -0.3 is 24.1 Å². The Labute approximate surface area is 129 Å². The van der Waals surface area contributed by atoms with Crippen LogP contribution < -0.4 is 0 Å². The van der Waals surface area contributed by atoms with Gasteiger partial charge in [-0.1, -0.05) is 12.2 Å². The molecule has 0 aliphatic carbocycles. The SMILES string of the molecule is CO[C@H]1C=C(C)[C@H]2O[C@@]3(C)C=C[C@@H](CC(=O)O)O[C@@H]3C[C@@H]2O1. The maximum atomic E-state index is 10.9. The number of rotatable bonds is 3. The molecule has 0 unspecified atom stereocenters. The Hall–Kier alpha value is -1.21. The molecule has 1 saturated heterocycles. The van der Waals surface area contributed by atoms with Gasteiger partial charge in [0, 0.05) is 13.5 Å². The Morgan fingerprint density at radius 1 is 1.50 bits per heavy atom. The van der Waals surface area contributed by atoms with Gasteiger partial charge in [-0.25, -0.2) is 0 Å². The van der Waals surface area contributed by atoms with E-state index in [1.165, 1.54) is 0 Å². The zero-order valence-electron chi connectivity index (χ0n) is 13.0. The maximum Gasteiger partial charge on any atom is 0.306 e. The molecule has 0 radical (unpaired) electrons. The lowest BCUT2D eigenvalue weighted by Crippen LogP contribution is -2.59. The van der Waals surface area contributed by atoms with E-state index in [-0.39, 0.29) is 31.0 Å². The zero-order valence-corrected chi connectivity index (χ0v) is 13.0. The van der Waals surface area contributed by atoms with Gasteiger partial charge in [-0.15, -0.1) is 0 Å². The maximum absolute atomic E-state index is 10.9. The van der Waals surface area contributed by atoms with Crippen LogP contribution in [0, 0.1) is 0 Å². The van der Waals surface area contributed by atoms with Crippen molar-refractivity contribution >= 4 is 5.97 Å². The highest BCUT2D eigenvalue weighted by Crippen LogP contribution is 2.41. The number of hydrogen-bond donors (Lipinski definition) is 1. The van der Waals surface area contributed by atoms with Gasteiger partial charge in [0.25, 0.3) is 0 Å². The Balaban J connectivity index is 1.79. The van der Waals surface area contributed by atoms with Gasteiger partial charge in [0.05, 0.1) is 24.7 Å². The first-order valence-corrected chi connectivity index (χ1v) is 7.52. The van der Waals surface area contributed by atoms with Crippen molar-refractivity contribution in [3.8, 4) is 0 Å². The molecule has 6 heteroatoms. The van der Waals surface area contributed by atoms with E-state index in [0.717, 1.165) is 5.57 Å². The predicted molar refractivity (Wildman–Crippen MR) is 77.4 cm³/mol. The molecule has 3 rings (SSSR count). The Morgan fingerprint density at radius 3 is 2.95 bits per heavy atom. The summed E-state index contributed by atoms with van der Waals surface area (Å²) in [6, 6.07) is 0. The smallest absolute Gasteiger partial charge is 0.306 e. The fraction of sp³-hybridized carbons (Fsp3) is 0.688. The second kappa shape index (κ2) is 5.77. The van der Waals surface area contributed by atoms with Crippen LogP contribution in [0.3, 0.4) is 0 Å². The van der Waals surface area contributed by atoms with Crippen molar-refractivity contribution in [3.63, 3.8) is 0 Å². The van der Waals surface area contributed by atoms with E-state index in [9.17, 15) is 4.79 Å². The molecule has 0 spiro atoms. The van der Waals surface area contributed by atoms with E-state index >= 15 is 0 Å². The first kappa shape index (κ1) is 15.7. The number of carboxylic acids is 1. The molecule has 0 aromatic carbocycles. The molecular weight excluding hydrogens is 288 g/mol. The van der Waals surface area contributed by atoms with Gasteiger partial charge in [-0.2, -0.15) is 0 Å². The largest absolute Gasteiger partial charge is 0.481 e. The lowest BCUT2D eigenvalue weighted by Gasteiger charge is -2.50. The summed E-state index contributed by atoms with van der Waals surface area (Å²) in [7, 11) is 1.60. The third kappa shape index (κ3) is 2.84. The average Bonchev–Trinajstić information content (AvgIpc) is 2.45. The molecule has 1 N–H and O–H groups in total. The van der Waals surface area contributed by atoms with E-state index in [0.29, 0.717) is 6.42 Å². The first-order chi connectivity index (χ1) is 10.4. The van der Waals surface area contributed by atoms with Gasteiger partial charge in [-0.05, 0) is 25.5 Å². The van der Waals surface area contributed by atoms with Crippen molar-refractivity contribution in [2.24, 2.45) is 0 Å². The molecule has 0 saturated carbocycles. The second-order valence-corrected chi connectivity index (χ2v) is 6.27. The van der Waals surface area contributed by atoms with Crippen LogP contribution >= 0.6 is 0 Å². The van der Waals surface area contributed by atoms with Crippen LogP contribution in [0.25, 0.3) is 0 Å². The number of hydrogen-bond acceptors (Lipinski definition) is 5. The molecular formula is C16H22O6. The lowest BCUT2D eigenvalue weighted by molar-refractivity contribution is -0.256. The van der Waals surface area contributed by atoms with Crippen LogP contribution in [0.5, 0.6) is 0 Å². The third-order valence-electron chi connectivity index (χ3n) is 4.55. The van der Waals surface area contributed by atoms with E-state index < -0.39 is 17.7 Å². The fourth-order valence-corrected chi connectivity index (χ4v) is 3.33. The molecule has 1 fully saturated rings. The molecule has 0 amide bonds. The highest BCUT2D eigenvalue weighted by molar-refractivity contribution is 5.67. The van der Waals surface area contributed by atoms with Crippen molar-refractivity contribution in [2.75, 3.05) is 7.11 Å². The third-order valence-corrected chi connectivity index (χ3v) is 4.55. The van der Waals surface area contributed by atoms with E-state index in [1.807, 2.05) is 26.0 Å². The Kier molecular flexibility index (Phi) is 4.11. The highest BCUT2D eigenvalue weighted by atomic mass is 16.7. The number of carboxylic acid groups (broad SMARTS) is 1. The van der Waals surface area contributed by atoms with Crippen LogP contribution in [0.1, 0.15) is 26.7 Å². The van der Waals surface area contributed by atoms with Gasteiger partial charge in [-0.3, -0.25) is 4.79 Å². The Morgan fingerprint density at radius 2 is 2.27 bits per heavy atom. The average molecular weight is 310 g/mol. The summed E-state index contributed by atoms with van der Waals surface area (Å²) in [5, 5.41) is 8.92. The molecule has 6 atom stereocenters. The minimum Gasteiger partial charge on any atom is -0.481 e. The summed E-state index contributed by atoms with van der Waals surface area (Å²) in [5.41, 5.74) is 0.526.